The number of benzene rings is 3. The number of aromatic amines is 1. The van der Waals surface area contributed by atoms with Crippen LogP contribution in [-0.2, 0) is 19.9 Å². The second-order valence-corrected chi connectivity index (χ2v) is 12.0. The second-order valence-electron chi connectivity index (χ2n) is 12.0. The molecule has 48 heavy (non-hydrogen) atoms. The molecule has 5 aromatic rings. The number of nitrogens with zero attached hydrogens (tertiary/aromatic N) is 3. The van der Waals surface area contributed by atoms with E-state index in [0.717, 1.165) is 16.7 Å². The molecule has 3 atom stereocenters. The number of rotatable bonds is 11. The van der Waals surface area contributed by atoms with Gasteiger partial charge in [0.15, 0.2) is 11.2 Å². The first-order valence-electron chi connectivity index (χ1n) is 15.8. The van der Waals surface area contributed by atoms with E-state index in [9.17, 15) is 14.7 Å². The molecule has 1 fully saturated rings. The van der Waals surface area contributed by atoms with Crippen LogP contribution in [0.5, 0.6) is 11.5 Å². The standard InChI is InChI=1S/C36H39N5O7/c1-22(2)33(43)39-35-38-32-31(34(44)40-35)37-21-41(32)30-19-18-28(42)29(48-30)20-47-36(23-8-6-5-7-9-23,24-10-14-26(45-3)15-11-24)25-12-16-27(46-4)17-13-25/h5-17,21-22,28-30,42H,18-20H2,1-4H3,(H2,38,39,40,43,44)/t28-,29+,30+/m0/s1. The number of nitrogens with one attached hydrogen (secondary N) is 2. The van der Waals surface area contributed by atoms with Crippen LogP contribution in [0.3, 0.4) is 0 Å². The first kappa shape index (κ1) is 32.9. The third-order valence-corrected chi connectivity index (χ3v) is 8.62. The number of hydrogen-bond acceptors (Lipinski definition) is 9. The number of carbonyl (C=O) groups excluding carboxylic acids is 1. The van der Waals surface area contributed by atoms with Gasteiger partial charge in [-0.05, 0) is 53.8 Å². The molecule has 0 aliphatic carbocycles. The number of hydrogen-bond donors (Lipinski definition) is 3. The minimum absolute atomic E-state index is 0.0148. The van der Waals surface area contributed by atoms with Gasteiger partial charge in [-0.25, -0.2) is 4.98 Å². The number of ether oxygens (including phenoxy) is 4. The lowest BCUT2D eigenvalue weighted by Crippen LogP contribution is -2.43. The van der Waals surface area contributed by atoms with Crippen LogP contribution in [0, 0.1) is 5.92 Å². The van der Waals surface area contributed by atoms with Gasteiger partial charge in [0.2, 0.25) is 11.9 Å². The van der Waals surface area contributed by atoms with Crippen molar-refractivity contribution in [1.29, 1.82) is 0 Å². The van der Waals surface area contributed by atoms with E-state index >= 15 is 0 Å². The van der Waals surface area contributed by atoms with E-state index < -0.39 is 29.6 Å². The highest BCUT2D eigenvalue weighted by atomic mass is 16.6. The third kappa shape index (κ3) is 6.42. The van der Waals surface area contributed by atoms with Crippen molar-refractivity contribution in [1.82, 2.24) is 19.5 Å². The van der Waals surface area contributed by atoms with Crippen LogP contribution in [0.4, 0.5) is 5.95 Å². The van der Waals surface area contributed by atoms with Gasteiger partial charge < -0.3 is 24.1 Å². The van der Waals surface area contributed by atoms with Gasteiger partial charge in [0.05, 0.1) is 33.3 Å². The zero-order valence-corrected chi connectivity index (χ0v) is 27.3. The van der Waals surface area contributed by atoms with Gasteiger partial charge >= 0.3 is 0 Å². The molecule has 0 spiro atoms. The van der Waals surface area contributed by atoms with Crippen LogP contribution >= 0.6 is 0 Å². The molecule has 0 bridgehead atoms. The number of aliphatic hydroxyl groups is 1. The average Bonchev–Trinajstić information content (AvgIpc) is 3.54. The lowest BCUT2D eigenvalue weighted by molar-refractivity contribution is -0.177. The van der Waals surface area contributed by atoms with Gasteiger partial charge in [0, 0.05) is 5.92 Å². The molecule has 3 N–H and O–H groups in total. The summed E-state index contributed by atoms with van der Waals surface area (Å²) in [6, 6.07) is 25.3. The molecular formula is C36H39N5O7. The summed E-state index contributed by atoms with van der Waals surface area (Å²) in [4.78, 5) is 36.5. The zero-order valence-electron chi connectivity index (χ0n) is 27.3. The predicted octanol–water partition coefficient (Wildman–Crippen LogP) is 4.78. The first-order valence-corrected chi connectivity index (χ1v) is 15.8. The quantitative estimate of drug-likeness (QED) is 0.171. The van der Waals surface area contributed by atoms with E-state index in [1.807, 2.05) is 78.9 Å². The smallest absolute Gasteiger partial charge is 0.280 e. The van der Waals surface area contributed by atoms with Crippen molar-refractivity contribution in [2.24, 2.45) is 5.92 Å². The number of methoxy groups -OCH3 is 2. The Morgan fingerprint density at radius 1 is 0.979 bits per heavy atom. The molecule has 6 rings (SSSR count). The molecule has 1 aliphatic rings. The maximum absolute atomic E-state index is 12.8. The Hall–Kier alpha value is -5.04. The number of anilines is 1. The molecule has 12 heteroatoms. The molecule has 3 heterocycles. The average molecular weight is 654 g/mol. The molecule has 1 aliphatic heterocycles. The minimum Gasteiger partial charge on any atom is -0.497 e. The molecular weight excluding hydrogens is 614 g/mol. The number of amides is 1. The van der Waals surface area contributed by atoms with Crippen molar-refractivity contribution in [3.05, 3.63) is 112 Å². The highest BCUT2D eigenvalue weighted by molar-refractivity contribution is 5.91. The van der Waals surface area contributed by atoms with E-state index in [2.05, 4.69) is 20.3 Å². The number of aliphatic hydroxyl groups excluding tert-OH is 1. The number of imidazole rings is 1. The molecule has 0 saturated carbocycles. The SMILES string of the molecule is COc1ccc(C(OC[C@H]2O[C@@H](n3cnc4c(=O)[nH]c(NC(=O)C(C)C)nc43)CC[C@@H]2O)(c2ccccc2)c2ccc(OC)cc2)cc1. The molecule has 250 valence electrons. The molecule has 2 aromatic heterocycles. The summed E-state index contributed by atoms with van der Waals surface area (Å²) >= 11 is 0. The van der Waals surface area contributed by atoms with Gasteiger partial charge in [0.1, 0.15) is 29.4 Å². The summed E-state index contributed by atoms with van der Waals surface area (Å²) in [5.41, 5.74) is 1.36. The Morgan fingerprint density at radius 3 is 2.17 bits per heavy atom. The van der Waals surface area contributed by atoms with Crippen molar-refractivity contribution in [2.75, 3.05) is 26.1 Å². The summed E-state index contributed by atoms with van der Waals surface area (Å²) < 4.78 is 26.0. The Balaban J connectivity index is 1.35. The van der Waals surface area contributed by atoms with Gasteiger partial charge in [0.25, 0.3) is 5.56 Å². The Bertz CT molecular complexity index is 1860. The van der Waals surface area contributed by atoms with Crippen LogP contribution < -0.4 is 20.3 Å². The summed E-state index contributed by atoms with van der Waals surface area (Å²) in [5.74, 6) is 0.843. The van der Waals surface area contributed by atoms with Crippen molar-refractivity contribution < 1.29 is 28.8 Å². The van der Waals surface area contributed by atoms with E-state index in [1.165, 1.54) is 6.33 Å². The summed E-state index contributed by atoms with van der Waals surface area (Å²) in [7, 11) is 3.24. The summed E-state index contributed by atoms with van der Waals surface area (Å²) in [6.45, 7) is 3.51. The summed E-state index contributed by atoms with van der Waals surface area (Å²) in [5, 5.41) is 13.8. The monoisotopic (exact) mass is 653 g/mol. The van der Waals surface area contributed by atoms with Crippen molar-refractivity contribution in [3.63, 3.8) is 0 Å². The van der Waals surface area contributed by atoms with Crippen LogP contribution in [-0.4, -0.2) is 63.6 Å². The molecule has 1 amide bonds. The van der Waals surface area contributed by atoms with E-state index in [1.54, 1.807) is 32.6 Å². The van der Waals surface area contributed by atoms with Crippen molar-refractivity contribution in [2.45, 2.75) is 50.7 Å². The molecule has 12 nitrogen and oxygen atoms in total. The lowest BCUT2D eigenvalue weighted by atomic mass is 9.80. The van der Waals surface area contributed by atoms with E-state index in [4.69, 9.17) is 18.9 Å². The van der Waals surface area contributed by atoms with Crippen LogP contribution in [0.1, 0.15) is 49.6 Å². The highest BCUT2D eigenvalue weighted by Crippen LogP contribution is 2.42. The first-order chi connectivity index (χ1) is 23.2. The maximum atomic E-state index is 12.8. The topological polar surface area (TPSA) is 150 Å². The number of carbonyl (C=O) groups is 1. The Labute approximate surface area is 277 Å². The fraction of sp³-hybridized carbons (Fsp3) is 0.333. The van der Waals surface area contributed by atoms with Gasteiger partial charge in [-0.2, -0.15) is 4.98 Å². The van der Waals surface area contributed by atoms with Crippen molar-refractivity contribution in [3.8, 4) is 11.5 Å². The predicted molar refractivity (Wildman–Crippen MR) is 179 cm³/mol. The largest absolute Gasteiger partial charge is 0.497 e. The number of H-pyrrole nitrogens is 1. The van der Waals surface area contributed by atoms with Crippen LogP contribution in [0.2, 0.25) is 0 Å². The van der Waals surface area contributed by atoms with Gasteiger partial charge in [-0.3, -0.25) is 24.5 Å². The lowest BCUT2D eigenvalue weighted by Gasteiger charge is -2.40. The van der Waals surface area contributed by atoms with Crippen LogP contribution in [0.25, 0.3) is 11.2 Å². The minimum atomic E-state index is -1.10. The fourth-order valence-corrected chi connectivity index (χ4v) is 5.95. The molecule has 3 aromatic carbocycles. The van der Waals surface area contributed by atoms with Crippen molar-refractivity contribution >= 4 is 23.0 Å². The molecule has 0 unspecified atom stereocenters. The highest BCUT2D eigenvalue weighted by Gasteiger charge is 2.41. The van der Waals surface area contributed by atoms with E-state index in [-0.39, 0.29) is 35.5 Å². The molecule has 0 radical (unpaired) electrons. The Morgan fingerprint density at radius 2 is 1.58 bits per heavy atom. The third-order valence-electron chi connectivity index (χ3n) is 8.62. The van der Waals surface area contributed by atoms with Gasteiger partial charge in [-0.1, -0.05) is 68.4 Å². The van der Waals surface area contributed by atoms with Crippen LogP contribution in [0.15, 0.2) is 90.0 Å². The van der Waals surface area contributed by atoms with E-state index in [0.29, 0.717) is 24.3 Å². The number of aromatic nitrogens is 4. The van der Waals surface area contributed by atoms with Gasteiger partial charge in [-0.15, -0.1) is 0 Å². The normalized spacial score (nSPS) is 18.2. The number of fused-ring (bicyclic) bond motifs is 1. The zero-order chi connectivity index (χ0) is 33.8. The second kappa shape index (κ2) is 14.0. The summed E-state index contributed by atoms with van der Waals surface area (Å²) in [6.07, 6.45) is 0.150. The Kier molecular flexibility index (Phi) is 9.58. The fourth-order valence-electron chi connectivity index (χ4n) is 5.95. The molecule has 1 saturated heterocycles. The maximum Gasteiger partial charge on any atom is 0.280 e.